The van der Waals surface area contributed by atoms with Gasteiger partial charge in [-0.15, -0.1) is 5.10 Å². The van der Waals surface area contributed by atoms with Crippen LogP contribution in [0.2, 0.25) is 0 Å². The number of hydrogen-bond donors (Lipinski definition) is 1. The summed E-state index contributed by atoms with van der Waals surface area (Å²) < 4.78 is 7.02. The first-order valence-electron chi connectivity index (χ1n) is 7.77. The number of benzene rings is 1. The molecule has 1 aliphatic rings. The molecule has 128 valence electrons. The van der Waals surface area contributed by atoms with E-state index >= 15 is 0 Å². The Morgan fingerprint density at radius 1 is 1.33 bits per heavy atom. The van der Waals surface area contributed by atoms with Gasteiger partial charge in [-0.2, -0.15) is 0 Å². The van der Waals surface area contributed by atoms with Crippen LogP contribution in [-0.4, -0.2) is 55.8 Å². The fraction of sp³-hybridized carbons (Fsp3) is 0.500. The summed E-state index contributed by atoms with van der Waals surface area (Å²) in [5.74, 6) is -0.736. The van der Waals surface area contributed by atoms with Crippen molar-refractivity contribution >= 4 is 23.1 Å². The molecule has 1 N–H and O–H groups in total. The van der Waals surface area contributed by atoms with Crippen molar-refractivity contribution in [1.82, 2.24) is 19.9 Å². The Kier molecular flexibility index (Phi) is 3.90. The third-order valence-corrected chi connectivity index (χ3v) is 3.80. The van der Waals surface area contributed by atoms with Crippen LogP contribution in [0, 0.1) is 5.92 Å². The van der Waals surface area contributed by atoms with Crippen molar-refractivity contribution in [2.45, 2.75) is 32.9 Å². The number of nitrogens with zero attached hydrogens (tertiary/aromatic N) is 4. The van der Waals surface area contributed by atoms with E-state index < -0.39 is 11.6 Å². The van der Waals surface area contributed by atoms with E-state index in [1.165, 1.54) is 6.07 Å². The highest BCUT2D eigenvalue weighted by Crippen LogP contribution is 2.22. The number of carboxylic acid groups (broad SMARTS) is 1. The zero-order valence-electron chi connectivity index (χ0n) is 13.9. The largest absolute Gasteiger partial charge is 0.478 e. The number of rotatable bonds is 3. The van der Waals surface area contributed by atoms with Crippen molar-refractivity contribution in [1.29, 1.82) is 0 Å². The number of carbonyl (C=O) groups excluding carboxylic acids is 1. The van der Waals surface area contributed by atoms with Gasteiger partial charge in [0.05, 0.1) is 11.1 Å². The van der Waals surface area contributed by atoms with Crippen LogP contribution in [0.1, 0.15) is 31.1 Å². The molecule has 24 heavy (non-hydrogen) atoms. The molecule has 0 radical (unpaired) electrons. The van der Waals surface area contributed by atoms with Crippen molar-refractivity contribution in [3.8, 4) is 0 Å². The van der Waals surface area contributed by atoms with Gasteiger partial charge in [0, 0.05) is 25.6 Å². The molecule has 8 nitrogen and oxygen atoms in total. The van der Waals surface area contributed by atoms with Gasteiger partial charge in [0.2, 0.25) is 0 Å². The number of aromatic nitrogens is 3. The molecule has 1 amide bonds. The molecule has 2 aromatic rings. The van der Waals surface area contributed by atoms with Gasteiger partial charge in [0.1, 0.15) is 11.1 Å². The maximum atomic E-state index is 11.9. The first-order chi connectivity index (χ1) is 11.2. The number of likely N-dealkylation sites (tertiary alicyclic amines) is 1. The average molecular weight is 332 g/mol. The first-order valence-corrected chi connectivity index (χ1v) is 7.77. The molecule has 8 heteroatoms. The van der Waals surface area contributed by atoms with Gasteiger partial charge < -0.3 is 14.7 Å². The zero-order valence-corrected chi connectivity index (χ0v) is 13.9. The molecular formula is C16H20N4O4. The number of aromatic carboxylic acids is 1. The number of carbonyl (C=O) groups is 2. The minimum Gasteiger partial charge on any atom is -0.478 e. The minimum atomic E-state index is -0.982. The van der Waals surface area contributed by atoms with E-state index in [1.807, 2.05) is 20.8 Å². The maximum absolute atomic E-state index is 11.9. The normalized spacial score (nSPS) is 15.4. The van der Waals surface area contributed by atoms with E-state index in [-0.39, 0.29) is 17.6 Å². The van der Waals surface area contributed by atoms with E-state index in [2.05, 4.69) is 10.3 Å². The molecule has 0 saturated carbocycles. The van der Waals surface area contributed by atoms with Crippen LogP contribution in [0.3, 0.4) is 0 Å². The highest BCUT2D eigenvalue weighted by molar-refractivity contribution is 5.92. The summed E-state index contributed by atoms with van der Waals surface area (Å²) in [7, 11) is 0. The monoisotopic (exact) mass is 332 g/mol. The Balaban J connectivity index is 1.64. The highest BCUT2D eigenvalue weighted by Gasteiger charge is 2.34. The third-order valence-electron chi connectivity index (χ3n) is 3.80. The summed E-state index contributed by atoms with van der Waals surface area (Å²) in [4.78, 5) is 24.7. The van der Waals surface area contributed by atoms with Crippen molar-refractivity contribution in [3.63, 3.8) is 0 Å². The Labute approximate surface area is 139 Å². The lowest BCUT2D eigenvalue weighted by atomic mass is 10.0. The minimum absolute atomic E-state index is 0.204. The number of amides is 1. The summed E-state index contributed by atoms with van der Waals surface area (Å²) in [6.07, 6.45) is -0.310. The predicted molar refractivity (Wildman–Crippen MR) is 85.8 cm³/mol. The maximum Gasteiger partial charge on any atom is 0.410 e. The second kappa shape index (κ2) is 5.77. The smallest absolute Gasteiger partial charge is 0.410 e. The summed E-state index contributed by atoms with van der Waals surface area (Å²) in [6.45, 7) is 7.28. The van der Waals surface area contributed by atoms with Gasteiger partial charge in [0.15, 0.2) is 0 Å². The lowest BCUT2D eigenvalue weighted by Gasteiger charge is -2.39. The van der Waals surface area contributed by atoms with Crippen LogP contribution in [0.25, 0.3) is 11.0 Å². The van der Waals surface area contributed by atoms with E-state index in [1.54, 1.807) is 21.7 Å². The third kappa shape index (κ3) is 3.32. The second-order valence-electron chi connectivity index (χ2n) is 7.03. The van der Waals surface area contributed by atoms with Crippen molar-refractivity contribution in [2.24, 2.45) is 5.92 Å². The molecule has 0 bridgehead atoms. The van der Waals surface area contributed by atoms with Gasteiger partial charge in [-0.25, -0.2) is 14.3 Å². The van der Waals surface area contributed by atoms with Crippen LogP contribution < -0.4 is 0 Å². The number of fused-ring (bicyclic) bond motifs is 1. The molecule has 2 heterocycles. The van der Waals surface area contributed by atoms with Crippen molar-refractivity contribution in [3.05, 3.63) is 23.8 Å². The van der Waals surface area contributed by atoms with Crippen LogP contribution in [-0.2, 0) is 11.3 Å². The van der Waals surface area contributed by atoms with E-state index in [9.17, 15) is 9.59 Å². The summed E-state index contributed by atoms with van der Waals surface area (Å²) in [5.41, 5.74) is 1.04. The fourth-order valence-corrected chi connectivity index (χ4v) is 2.64. The molecule has 0 unspecified atom stereocenters. The average Bonchev–Trinajstić information content (AvgIpc) is 2.82. The first kappa shape index (κ1) is 16.2. The predicted octanol–water partition coefficient (Wildman–Crippen LogP) is 2.00. The molecule has 1 aromatic heterocycles. The number of carboxylic acids is 1. The topological polar surface area (TPSA) is 97.5 Å². The van der Waals surface area contributed by atoms with E-state index in [0.717, 1.165) is 0 Å². The molecule has 1 saturated heterocycles. The molecule has 0 aliphatic carbocycles. The molecular weight excluding hydrogens is 312 g/mol. The number of hydrogen-bond acceptors (Lipinski definition) is 5. The summed E-state index contributed by atoms with van der Waals surface area (Å²) >= 11 is 0. The van der Waals surface area contributed by atoms with Crippen LogP contribution >= 0.6 is 0 Å². The van der Waals surface area contributed by atoms with Gasteiger partial charge in [-0.3, -0.25) is 0 Å². The van der Waals surface area contributed by atoms with Gasteiger partial charge in [-0.05, 0) is 39.0 Å². The van der Waals surface area contributed by atoms with Crippen molar-refractivity contribution in [2.75, 3.05) is 13.1 Å². The molecule has 1 fully saturated rings. The fourth-order valence-electron chi connectivity index (χ4n) is 2.64. The lowest BCUT2D eigenvalue weighted by Crippen LogP contribution is -2.52. The Hall–Kier alpha value is -2.64. The Morgan fingerprint density at radius 2 is 2.04 bits per heavy atom. The molecule has 0 spiro atoms. The molecule has 1 aromatic carbocycles. The summed E-state index contributed by atoms with van der Waals surface area (Å²) in [5, 5.41) is 17.2. The van der Waals surface area contributed by atoms with E-state index in [0.29, 0.717) is 30.7 Å². The second-order valence-corrected chi connectivity index (χ2v) is 7.03. The Bertz CT molecular complexity index is 787. The van der Waals surface area contributed by atoms with Crippen LogP contribution in [0.4, 0.5) is 4.79 Å². The molecule has 0 atom stereocenters. The summed E-state index contributed by atoms with van der Waals surface area (Å²) in [6, 6.07) is 4.73. The highest BCUT2D eigenvalue weighted by atomic mass is 16.6. The molecule has 1 aliphatic heterocycles. The van der Waals surface area contributed by atoms with E-state index in [4.69, 9.17) is 9.84 Å². The number of ether oxygens (including phenoxy) is 1. The molecule has 3 rings (SSSR count). The SMILES string of the molecule is CC(C)(C)OC(=O)N1CC(Cn2nnc3ccc(C(=O)O)cc32)C1. The standard InChI is InChI=1S/C16H20N4O4/c1-16(2,3)24-15(23)19-7-10(8-19)9-20-13-6-11(14(21)22)4-5-12(13)17-18-20/h4-6,10H,7-9H2,1-3H3,(H,21,22). The van der Waals surface area contributed by atoms with Crippen LogP contribution in [0.5, 0.6) is 0 Å². The van der Waals surface area contributed by atoms with Crippen LogP contribution in [0.15, 0.2) is 18.2 Å². The van der Waals surface area contributed by atoms with Gasteiger partial charge in [-0.1, -0.05) is 5.21 Å². The van der Waals surface area contributed by atoms with Crippen molar-refractivity contribution < 1.29 is 19.4 Å². The Morgan fingerprint density at radius 3 is 2.67 bits per heavy atom. The van der Waals surface area contributed by atoms with Gasteiger partial charge >= 0.3 is 12.1 Å². The van der Waals surface area contributed by atoms with Gasteiger partial charge in [0.25, 0.3) is 0 Å². The zero-order chi connectivity index (χ0) is 17.5. The lowest BCUT2D eigenvalue weighted by molar-refractivity contribution is -0.00372. The quantitative estimate of drug-likeness (QED) is 0.923.